The van der Waals surface area contributed by atoms with E-state index in [2.05, 4.69) is 4.74 Å². The van der Waals surface area contributed by atoms with E-state index < -0.39 is 0 Å². The molecule has 1 aliphatic carbocycles. The van der Waals surface area contributed by atoms with Crippen LogP contribution in [0.25, 0.3) is 0 Å². The first-order valence-electron chi connectivity index (χ1n) is 7.23. The molecule has 0 saturated carbocycles. The van der Waals surface area contributed by atoms with Crippen molar-refractivity contribution in [3.05, 3.63) is 29.3 Å². The summed E-state index contributed by atoms with van der Waals surface area (Å²) < 4.78 is 4.61. The van der Waals surface area contributed by atoms with Crippen molar-refractivity contribution in [3.8, 4) is 0 Å². The van der Waals surface area contributed by atoms with Gasteiger partial charge in [-0.3, -0.25) is 9.59 Å². The van der Waals surface area contributed by atoms with E-state index in [1.54, 1.807) is 4.90 Å². The van der Waals surface area contributed by atoms with Gasteiger partial charge in [0.15, 0.2) is 0 Å². The molecule has 0 aliphatic heterocycles. The molecule has 1 aliphatic rings. The zero-order valence-corrected chi connectivity index (χ0v) is 12.6. The summed E-state index contributed by atoms with van der Waals surface area (Å²) in [6.45, 7) is 2.05. The van der Waals surface area contributed by atoms with Crippen molar-refractivity contribution >= 4 is 17.6 Å². The summed E-state index contributed by atoms with van der Waals surface area (Å²) in [5.41, 5.74) is 9.33. The Morgan fingerprint density at radius 2 is 2.05 bits per heavy atom. The molecule has 0 aromatic heterocycles. The van der Waals surface area contributed by atoms with Crippen molar-refractivity contribution in [2.45, 2.75) is 38.6 Å². The van der Waals surface area contributed by atoms with E-state index in [0.717, 1.165) is 18.5 Å². The summed E-state index contributed by atoms with van der Waals surface area (Å²) in [7, 11) is 1.37. The van der Waals surface area contributed by atoms with Crippen molar-refractivity contribution in [1.82, 2.24) is 0 Å². The first kappa shape index (κ1) is 15.5. The van der Waals surface area contributed by atoms with Crippen LogP contribution in [0.15, 0.2) is 18.2 Å². The summed E-state index contributed by atoms with van der Waals surface area (Å²) in [4.78, 5) is 24.7. The minimum Gasteiger partial charge on any atom is -0.469 e. The number of nitrogens with zero attached hydrogens (tertiary/aromatic N) is 1. The van der Waals surface area contributed by atoms with E-state index in [9.17, 15) is 9.59 Å². The van der Waals surface area contributed by atoms with Crippen molar-refractivity contribution < 1.29 is 14.3 Å². The summed E-state index contributed by atoms with van der Waals surface area (Å²) in [6.07, 6.45) is 2.66. The molecule has 0 heterocycles. The van der Waals surface area contributed by atoms with Crippen LogP contribution in [0.4, 0.5) is 5.69 Å². The first-order valence-corrected chi connectivity index (χ1v) is 7.23. The van der Waals surface area contributed by atoms with E-state index in [-0.39, 0.29) is 17.9 Å². The van der Waals surface area contributed by atoms with Crippen molar-refractivity contribution in [2.24, 2.45) is 5.73 Å². The Morgan fingerprint density at radius 3 is 2.71 bits per heavy atom. The number of methoxy groups -OCH3 is 1. The Kier molecular flexibility index (Phi) is 4.96. The highest BCUT2D eigenvalue weighted by Gasteiger charge is 2.20. The summed E-state index contributed by atoms with van der Waals surface area (Å²) in [5, 5.41) is 0. The third-order valence-electron chi connectivity index (χ3n) is 3.84. The predicted octanol–water partition coefficient (Wildman–Crippen LogP) is 1.42. The molecule has 1 aromatic rings. The summed E-state index contributed by atoms with van der Waals surface area (Å²) in [5.74, 6) is -0.277. The average molecular weight is 290 g/mol. The molecule has 114 valence electrons. The Hall–Kier alpha value is -1.88. The van der Waals surface area contributed by atoms with Gasteiger partial charge in [0.2, 0.25) is 5.91 Å². The molecule has 1 amide bonds. The number of hydrogen-bond acceptors (Lipinski definition) is 4. The first-order chi connectivity index (χ1) is 10.0. The van der Waals surface area contributed by atoms with E-state index in [1.807, 2.05) is 18.2 Å². The van der Waals surface area contributed by atoms with Crippen LogP contribution in [0.3, 0.4) is 0 Å². The van der Waals surface area contributed by atoms with Gasteiger partial charge in [-0.15, -0.1) is 0 Å². The predicted molar refractivity (Wildman–Crippen MR) is 81.1 cm³/mol. The molecule has 5 heteroatoms. The number of ether oxygens (including phenoxy) is 1. The SMILES string of the molecule is COC(=O)CCCN(C(C)=O)c1ccc2c(c1)CC(N)C2. The highest BCUT2D eigenvalue weighted by Crippen LogP contribution is 2.26. The molecular weight excluding hydrogens is 268 g/mol. The van der Waals surface area contributed by atoms with Gasteiger partial charge >= 0.3 is 5.97 Å². The number of carbonyl (C=O) groups excluding carboxylic acids is 2. The van der Waals surface area contributed by atoms with Gasteiger partial charge in [-0.2, -0.15) is 0 Å². The maximum atomic E-state index is 11.8. The van der Waals surface area contributed by atoms with Crippen LogP contribution >= 0.6 is 0 Å². The van der Waals surface area contributed by atoms with Crippen LogP contribution in [0.2, 0.25) is 0 Å². The zero-order chi connectivity index (χ0) is 15.4. The Balaban J connectivity index is 2.07. The van der Waals surface area contributed by atoms with Crippen molar-refractivity contribution in [2.75, 3.05) is 18.6 Å². The zero-order valence-electron chi connectivity index (χ0n) is 12.6. The van der Waals surface area contributed by atoms with E-state index in [0.29, 0.717) is 19.4 Å². The molecule has 2 N–H and O–H groups in total. The lowest BCUT2D eigenvalue weighted by molar-refractivity contribution is -0.140. The van der Waals surface area contributed by atoms with E-state index in [4.69, 9.17) is 5.73 Å². The lowest BCUT2D eigenvalue weighted by Crippen LogP contribution is -2.30. The molecule has 0 radical (unpaired) electrons. The summed E-state index contributed by atoms with van der Waals surface area (Å²) in [6, 6.07) is 6.23. The Bertz CT molecular complexity index is 542. The number of anilines is 1. The third-order valence-corrected chi connectivity index (χ3v) is 3.84. The van der Waals surface area contributed by atoms with Gasteiger partial charge in [-0.1, -0.05) is 6.07 Å². The van der Waals surface area contributed by atoms with E-state index >= 15 is 0 Å². The number of nitrogens with two attached hydrogens (primary N) is 1. The summed E-state index contributed by atoms with van der Waals surface area (Å²) >= 11 is 0. The molecule has 0 saturated heterocycles. The normalized spacial score (nSPS) is 16.4. The maximum Gasteiger partial charge on any atom is 0.305 e. The van der Waals surface area contributed by atoms with Crippen LogP contribution in [-0.2, 0) is 27.2 Å². The van der Waals surface area contributed by atoms with Crippen molar-refractivity contribution in [3.63, 3.8) is 0 Å². The lowest BCUT2D eigenvalue weighted by Gasteiger charge is -2.21. The minimum atomic E-state index is -0.251. The van der Waals surface area contributed by atoms with Crippen LogP contribution < -0.4 is 10.6 Å². The van der Waals surface area contributed by atoms with Crippen LogP contribution in [0.5, 0.6) is 0 Å². The monoisotopic (exact) mass is 290 g/mol. The average Bonchev–Trinajstić information content (AvgIpc) is 2.81. The molecule has 21 heavy (non-hydrogen) atoms. The van der Waals surface area contributed by atoms with Crippen molar-refractivity contribution in [1.29, 1.82) is 0 Å². The second-order valence-corrected chi connectivity index (χ2v) is 5.47. The highest BCUT2D eigenvalue weighted by molar-refractivity contribution is 5.91. The number of hydrogen-bond donors (Lipinski definition) is 1. The molecular formula is C16H22N2O3. The topological polar surface area (TPSA) is 72.6 Å². The number of rotatable bonds is 5. The number of esters is 1. The van der Waals surface area contributed by atoms with Crippen LogP contribution in [0.1, 0.15) is 30.9 Å². The molecule has 5 nitrogen and oxygen atoms in total. The fourth-order valence-corrected chi connectivity index (χ4v) is 2.76. The Labute approximate surface area is 125 Å². The molecule has 0 bridgehead atoms. The number of carbonyl (C=O) groups is 2. The Morgan fingerprint density at radius 1 is 1.33 bits per heavy atom. The smallest absolute Gasteiger partial charge is 0.305 e. The largest absolute Gasteiger partial charge is 0.469 e. The molecule has 0 spiro atoms. The number of amides is 1. The van der Waals surface area contributed by atoms with Gasteiger partial charge in [-0.05, 0) is 42.5 Å². The standard InChI is InChI=1S/C16H22N2O3/c1-11(19)18(7-3-4-16(20)21-2)15-6-5-12-8-14(17)9-13(12)10-15/h5-6,10,14H,3-4,7-9,17H2,1-2H3. The third kappa shape index (κ3) is 3.82. The lowest BCUT2D eigenvalue weighted by atomic mass is 10.1. The second kappa shape index (κ2) is 6.72. The minimum absolute atomic E-state index is 0.0258. The fourth-order valence-electron chi connectivity index (χ4n) is 2.76. The number of fused-ring (bicyclic) bond motifs is 1. The van der Waals surface area contributed by atoms with Gasteiger partial charge in [0.05, 0.1) is 7.11 Å². The van der Waals surface area contributed by atoms with E-state index in [1.165, 1.54) is 25.2 Å². The van der Waals surface area contributed by atoms with Gasteiger partial charge in [0.1, 0.15) is 0 Å². The van der Waals surface area contributed by atoms with Gasteiger partial charge in [0, 0.05) is 31.6 Å². The van der Waals surface area contributed by atoms with Crippen LogP contribution in [0, 0.1) is 0 Å². The fraction of sp³-hybridized carbons (Fsp3) is 0.500. The van der Waals surface area contributed by atoms with Gasteiger partial charge in [-0.25, -0.2) is 0 Å². The molecule has 1 atom stereocenters. The van der Waals surface area contributed by atoms with Crippen LogP contribution in [-0.4, -0.2) is 31.6 Å². The molecule has 1 aromatic carbocycles. The molecule has 1 unspecified atom stereocenters. The quantitative estimate of drug-likeness (QED) is 0.832. The molecule has 2 rings (SSSR count). The second-order valence-electron chi connectivity index (χ2n) is 5.47. The number of benzene rings is 1. The highest BCUT2D eigenvalue weighted by atomic mass is 16.5. The van der Waals surface area contributed by atoms with Gasteiger partial charge in [0.25, 0.3) is 0 Å². The maximum absolute atomic E-state index is 11.8. The van der Waals surface area contributed by atoms with Gasteiger partial charge < -0.3 is 15.4 Å². The molecule has 0 fully saturated rings.